The second-order valence-corrected chi connectivity index (χ2v) is 8.04. The van der Waals surface area contributed by atoms with Gasteiger partial charge in [-0.3, -0.25) is 4.57 Å². The van der Waals surface area contributed by atoms with Crippen LogP contribution in [0.4, 0.5) is 5.82 Å². The Hall–Kier alpha value is -2.25. The van der Waals surface area contributed by atoms with Crippen molar-refractivity contribution in [2.24, 2.45) is 0 Å². The third kappa shape index (κ3) is 4.91. The fourth-order valence-electron chi connectivity index (χ4n) is 3.78. The van der Waals surface area contributed by atoms with Crippen molar-refractivity contribution in [1.29, 1.82) is 0 Å². The molecular weight excluding hydrogens is 466 g/mol. The van der Waals surface area contributed by atoms with Gasteiger partial charge in [0.1, 0.15) is 48.5 Å². The first-order valence-corrected chi connectivity index (χ1v) is 10.2. The van der Waals surface area contributed by atoms with Gasteiger partial charge >= 0.3 is 11.7 Å². The Kier molecular flexibility index (Phi) is 7.88. The molecule has 0 spiro atoms. The Balaban J connectivity index is 1.78. The van der Waals surface area contributed by atoms with E-state index in [1.54, 1.807) is 0 Å². The summed E-state index contributed by atoms with van der Waals surface area (Å²) in [7, 11) is 0. The van der Waals surface area contributed by atoms with Gasteiger partial charge in [-0.25, -0.2) is 9.59 Å². The summed E-state index contributed by atoms with van der Waals surface area (Å²) in [5.41, 5.74) is 4.53. The van der Waals surface area contributed by atoms with E-state index in [4.69, 9.17) is 25.1 Å². The molecular formula is C18H27N3O13. The molecule has 3 heterocycles. The number of nitrogens with two attached hydrogens (primary N) is 1. The number of aliphatic hydroxyl groups excluding tert-OH is 7. The molecule has 0 aliphatic carbocycles. The summed E-state index contributed by atoms with van der Waals surface area (Å²) in [6, 6.07) is 1.25. The van der Waals surface area contributed by atoms with Crippen LogP contribution in [0.1, 0.15) is 12.6 Å². The molecule has 2 saturated heterocycles. The molecule has 2 aliphatic heterocycles. The molecule has 0 amide bonds. The number of carbonyl (C=O) groups is 1. The maximum atomic E-state index is 12.0. The molecule has 0 unspecified atom stereocenters. The maximum Gasteiger partial charge on any atom is 0.364 e. The van der Waals surface area contributed by atoms with E-state index in [0.29, 0.717) is 0 Å². The molecule has 0 radical (unpaired) electrons. The Morgan fingerprint density at radius 1 is 1.26 bits per heavy atom. The predicted octanol–water partition coefficient (Wildman–Crippen LogP) is -5.53. The van der Waals surface area contributed by atoms with E-state index in [1.807, 2.05) is 0 Å². The maximum absolute atomic E-state index is 12.0. The van der Waals surface area contributed by atoms with Gasteiger partial charge in [-0.1, -0.05) is 0 Å². The van der Waals surface area contributed by atoms with E-state index in [9.17, 15) is 45.3 Å². The van der Waals surface area contributed by atoms with Crippen LogP contribution in [0.2, 0.25) is 0 Å². The third-order valence-corrected chi connectivity index (χ3v) is 5.72. The van der Waals surface area contributed by atoms with Crippen LogP contribution < -0.4 is 11.4 Å². The predicted molar refractivity (Wildman–Crippen MR) is 106 cm³/mol. The molecule has 2 fully saturated rings. The highest BCUT2D eigenvalue weighted by Crippen LogP contribution is 2.35. The number of ether oxygens (including phenoxy) is 3. The molecule has 16 nitrogen and oxygen atoms in total. The first kappa shape index (κ1) is 26.4. The molecule has 192 valence electrons. The number of rotatable bonds is 8. The van der Waals surface area contributed by atoms with Gasteiger partial charge < -0.3 is 60.8 Å². The van der Waals surface area contributed by atoms with E-state index in [0.717, 1.165) is 4.57 Å². The smallest absolute Gasteiger partial charge is 0.364 e. The van der Waals surface area contributed by atoms with Crippen molar-refractivity contribution in [2.45, 2.75) is 67.3 Å². The van der Waals surface area contributed by atoms with E-state index in [2.05, 4.69) is 4.98 Å². The zero-order chi connectivity index (χ0) is 25.4. The summed E-state index contributed by atoms with van der Waals surface area (Å²) < 4.78 is 16.9. The number of anilines is 1. The van der Waals surface area contributed by atoms with Crippen molar-refractivity contribution in [3.05, 3.63) is 22.7 Å². The van der Waals surface area contributed by atoms with Crippen LogP contribution in [0.15, 0.2) is 17.1 Å². The molecule has 0 bridgehead atoms. The monoisotopic (exact) mass is 493 g/mol. The Morgan fingerprint density at radius 3 is 2.53 bits per heavy atom. The summed E-state index contributed by atoms with van der Waals surface area (Å²) in [5.74, 6) is -4.54. The molecule has 2 aliphatic rings. The van der Waals surface area contributed by atoms with Crippen molar-refractivity contribution in [2.75, 3.05) is 18.9 Å². The highest BCUT2D eigenvalue weighted by molar-refractivity contribution is 5.76. The van der Waals surface area contributed by atoms with Crippen molar-refractivity contribution in [3.63, 3.8) is 0 Å². The van der Waals surface area contributed by atoms with E-state index < -0.39 is 92.1 Å². The highest BCUT2D eigenvalue weighted by atomic mass is 16.7. The van der Waals surface area contributed by atoms with Gasteiger partial charge in [-0.15, -0.1) is 0 Å². The second-order valence-electron chi connectivity index (χ2n) is 8.04. The lowest BCUT2D eigenvalue weighted by Crippen LogP contribution is -2.64. The van der Waals surface area contributed by atoms with Crippen LogP contribution in [-0.2, 0) is 19.0 Å². The Bertz CT molecular complexity index is 931. The van der Waals surface area contributed by atoms with Gasteiger partial charge in [0.2, 0.25) is 0 Å². The molecule has 0 saturated carbocycles. The van der Waals surface area contributed by atoms with Gasteiger partial charge in [-0.2, -0.15) is 4.98 Å². The van der Waals surface area contributed by atoms with Crippen molar-refractivity contribution >= 4 is 11.8 Å². The lowest BCUT2D eigenvalue weighted by atomic mass is 9.90. The fourth-order valence-corrected chi connectivity index (χ4v) is 3.78. The lowest BCUT2D eigenvalue weighted by Gasteiger charge is -2.44. The molecule has 34 heavy (non-hydrogen) atoms. The number of aromatic nitrogens is 2. The molecule has 10 N–H and O–H groups in total. The molecule has 1 aromatic heterocycles. The number of nitrogen functional groups attached to an aromatic ring is 1. The number of nitrogens with zero attached hydrogens (tertiary/aromatic N) is 2. The van der Waals surface area contributed by atoms with Crippen LogP contribution in [0.3, 0.4) is 0 Å². The summed E-state index contributed by atoms with van der Waals surface area (Å²) in [6.45, 7) is -1.70. The van der Waals surface area contributed by atoms with Gasteiger partial charge in [0, 0.05) is 12.6 Å². The normalized spacial score (nSPS) is 37.9. The molecule has 10 atom stereocenters. The topological polar surface area (TPSA) is 268 Å². The summed E-state index contributed by atoms with van der Waals surface area (Å²) >= 11 is 0. The SMILES string of the molecule is Nc1ccn([C@@H]2O[C@H](CO[C@]3(C(=O)O)C[C@H](O)[C@@H](O)[C@H]([C@@H](O)[C@H](O)CO)O3)[C@@H](O)[C@H]2O)c(=O)n1. The number of carboxylic acids is 1. The van der Waals surface area contributed by atoms with Crippen LogP contribution in [-0.4, -0.2) is 124 Å². The number of aliphatic hydroxyl groups is 7. The second kappa shape index (κ2) is 10.2. The fraction of sp³-hybridized carbons (Fsp3) is 0.722. The molecule has 0 aromatic carbocycles. The van der Waals surface area contributed by atoms with Gasteiger partial charge in [0.25, 0.3) is 5.79 Å². The minimum absolute atomic E-state index is 0.0872. The quantitative estimate of drug-likeness (QED) is 0.163. The van der Waals surface area contributed by atoms with Crippen molar-refractivity contribution in [1.82, 2.24) is 9.55 Å². The van der Waals surface area contributed by atoms with Crippen LogP contribution in [0, 0.1) is 0 Å². The highest BCUT2D eigenvalue weighted by Gasteiger charge is 2.56. The third-order valence-electron chi connectivity index (χ3n) is 5.72. The Morgan fingerprint density at radius 2 is 1.94 bits per heavy atom. The standard InChI is InChI=1S/C18H27N3O13/c19-9-1-2-21(17(31)20-9)15-13(28)12(27)8(33-15)5-32-18(16(29)30)3-6(23)10(25)14(34-18)11(26)7(24)4-22/h1-2,6-8,10-15,22-28H,3-5H2,(H,29,30)(H2,19,20,31)/t6-,7+,8+,10+,11-,12+,13+,14+,15+,18+/m0/s1. The average molecular weight is 493 g/mol. The molecule has 1 aromatic rings. The van der Waals surface area contributed by atoms with Gasteiger partial charge in [0.15, 0.2) is 6.23 Å². The average Bonchev–Trinajstić information content (AvgIpc) is 3.07. The zero-order valence-corrected chi connectivity index (χ0v) is 17.6. The summed E-state index contributed by atoms with van der Waals surface area (Å²) in [4.78, 5) is 27.5. The van der Waals surface area contributed by atoms with Gasteiger partial charge in [-0.05, 0) is 6.07 Å². The Labute approximate surface area is 191 Å². The van der Waals surface area contributed by atoms with Crippen LogP contribution in [0.25, 0.3) is 0 Å². The van der Waals surface area contributed by atoms with Crippen molar-refractivity contribution in [3.8, 4) is 0 Å². The number of aliphatic carboxylic acids is 1. The van der Waals surface area contributed by atoms with Crippen molar-refractivity contribution < 1.29 is 59.9 Å². The van der Waals surface area contributed by atoms with Crippen LogP contribution in [0.5, 0.6) is 0 Å². The summed E-state index contributed by atoms with van der Waals surface area (Å²) in [6.07, 6.45) is -15.1. The zero-order valence-electron chi connectivity index (χ0n) is 17.6. The molecule has 3 rings (SSSR count). The number of hydrogen-bond donors (Lipinski definition) is 9. The van der Waals surface area contributed by atoms with E-state index in [-0.39, 0.29) is 5.82 Å². The molecule has 16 heteroatoms. The minimum atomic E-state index is -2.68. The van der Waals surface area contributed by atoms with E-state index >= 15 is 0 Å². The van der Waals surface area contributed by atoms with Crippen LogP contribution >= 0.6 is 0 Å². The first-order chi connectivity index (χ1) is 15.9. The first-order valence-electron chi connectivity index (χ1n) is 10.2. The largest absolute Gasteiger partial charge is 0.477 e. The minimum Gasteiger partial charge on any atom is -0.477 e. The number of hydrogen-bond acceptors (Lipinski definition) is 14. The van der Waals surface area contributed by atoms with E-state index in [1.165, 1.54) is 12.3 Å². The lowest BCUT2D eigenvalue weighted by molar-refractivity contribution is -0.331. The summed E-state index contributed by atoms with van der Waals surface area (Å²) in [5, 5.41) is 79.4. The van der Waals surface area contributed by atoms with Gasteiger partial charge in [0.05, 0.1) is 19.3 Å². The number of carboxylic acid groups (broad SMARTS) is 1.